The zero-order chi connectivity index (χ0) is 11.3. The largest absolute Gasteiger partial charge is 0.384 e. The molecule has 0 bridgehead atoms. The van der Waals surface area contributed by atoms with Gasteiger partial charge in [-0.2, -0.15) is 11.8 Å². The predicted molar refractivity (Wildman–Crippen MR) is 71.1 cm³/mol. The molecule has 3 heteroatoms. The molecule has 1 saturated carbocycles. The maximum Gasteiger partial charge on any atom is 0.0530 e. The normalized spacial score (nSPS) is 29.4. The van der Waals surface area contributed by atoms with Gasteiger partial charge in [0, 0.05) is 30.9 Å². The lowest BCUT2D eigenvalue weighted by molar-refractivity contribution is 0.0806. The van der Waals surface area contributed by atoms with Crippen molar-refractivity contribution < 1.29 is 4.74 Å². The van der Waals surface area contributed by atoms with Crippen LogP contribution in [-0.4, -0.2) is 37.8 Å². The molecule has 0 unspecified atom stereocenters. The third-order valence-corrected chi connectivity index (χ3v) is 5.26. The van der Waals surface area contributed by atoms with E-state index >= 15 is 0 Å². The summed E-state index contributed by atoms with van der Waals surface area (Å²) in [4.78, 5) is 0. The molecule has 1 aliphatic carbocycles. The van der Waals surface area contributed by atoms with Gasteiger partial charge in [-0.25, -0.2) is 0 Å². The lowest BCUT2D eigenvalue weighted by Crippen LogP contribution is -2.42. The van der Waals surface area contributed by atoms with Crippen molar-refractivity contribution in [1.82, 2.24) is 5.32 Å². The Morgan fingerprint density at radius 3 is 2.75 bits per heavy atom. The SMILES string of the molecule is COCC1(CN[C@H]2CCCSC2)CCCC1. The van der Waals surface area contributed by atoms with Crippen molar-refractivity contribution in [2.75, 3.05) is 31.8 Å². The van der Waals surface area contributed by atoms with Crippen LogP contribution in [0.3, 0.4) is 0 Å². The summed E-state index contributed by atoms with van der Waals surface area (Å²) in [5, 5.41) is 3.79. The van der Waals surface area contributed by atoms with E-state index in [4.69, 9.17) is 4.74 Å². The summed E-state index contributed by atoms with van der Waals surface area (Å²) in [5.74, 6) is 2.67. The third-order valence-electron chi connectivity index (χ3n) is 4.04. The predicted octanol–water partition coefficient (Wildman–Crippen LogP) is 2.68. The van der Waals surface area contributed by atoms with Crippen LogP contribution in [0.4, 0.5) is 0 Å². The van der Waals surface area contributed by atoms with E-state index in [1.54, 1.807) is 0 Å². The van der Waals surface area contributed by atoms with Gasteiger partial charge in [0.1, 0.15) is 0 Å². The Labute approximate surface area is 104 Å². The van der Waals surface area contributed by atoms with E-state index in [2.05, 4.69) is 17.1 Å². The molecule has 1 saturated heterocycles. The standard InChI is InChI=1S/C13H25NOS/c1-15-11-13(6-2-3-7-13)10-14-12-5-4-8-16-9-12/h12,14H,2-11H2,1H3/t12-/m0/s1. The summed E-state index contributed by atoms with van der Waals surface area (Å²) < 4.78 is 5.42. The Balaban J connectivity index is 1.76. The van der Waals surface area contributed by atoms with Gasteiger partial charge in [0.05, 0.1) is 6.61 Å². The van der Waals surface area contributed by atoms with Crippen LogP contribution in [-0.2, 0) is 4.74 Å². The number of nitrogens with one attached hydrogen (secondary N) is 1. The quantitative estimate of drug-likeness (QED) is 0.802. The molecule has 2 fully saturated rings. The molecule has 2 nitrogen and oxygen atoms in total. The molecule has 1 atom stereocenters. The first-order chi connectivity index (χ1) is 7.85. The van der Waals surface area contributed by atoms with Gasteiger partial charge in [-0.3, -0.25) is 0 Å². The fourth-order valence-corrected chi connectivity index (χ4v) is 4.17. The second-order valence-electron chi connectivity index (χ2n) is 5.44. The average Bonchev–Trinajstić information content (AvgIpc) is 2.78. The number of ether oxygens (including phenoxy) is 1. The summed E-state index contributed by atoms with van der Waals surface area (Å²) in [6.07, 6.45) is 8.26. The van der Waals surface area contributed by atoms with Gasteiger partial charge in [0.25, 0.3) is 0 Å². The highest BCUT2D eigenvalue weighted by Crippen LogP contribution is 2.38. The van der Waals surface area contributed by atoms with E-state index < -0.39 is 0 Å². The number of methoxy groups -OCH3 is 1. The monoisotopic (exact) mass is 243 g/mol. The first kappa shape index (κ1) is 12.7. The van der Waals surface area contributed by atoms with Crippen molar-refractivity contribution in [3.8, 4) is 0 Å². The molecule has 1 heterocycles. The average molecular weight is 243 g/mol. The lowest BCUT2D eigenvalue weighted by Gasteiger charge is -2.32. The van der Waals surface area contributed by atoms with Gasteiger partial charge in [-0.1, -0.05) is 12.8 Å². The van der Waals surface area contributed by atoms with Crippen molar-refractivity contribution in [3.63, 3.8) is 0 Å². The van der Waals surface area contributed by atoms with E-state index in [-0.39, 0.29) is 0 Å². The van der Waals surface area contributed by atoms with Crippen molar-refractivity contribution in [1.29, 1.82) is 0 Å². The number of hydrogen-bond acceptors (Lipinski definition) is 3. The van der Waals surface area contributed by atoms with Gasteiger partial charge >= 0.3 is 0 Å². The zero-order valence-electron chi connectivity index (χ0n) is 10.5. The molecule has 2 rings (SSSR count). The van der Waals surface area contributed by atoms with Crippen LogP contribution >= 0.6 is 11.8 Å². The molecular formula is C13H25NOS. The fourth-order valence-electron chi connectivity index (χ4n) is 3.07. The van der Waals surface area contributed by atoms with Gasteiger partial charge in [0.15, 0.2) is 0 Å². The highest BCUT2D eigenvalue weighted by Gasteiger charge is 2.34. The van der Waals surface area contributed by atoms with Crippen LogP contribution in [0.2, 0.25) is 0 Å². The van der Waals surface area contributed by atoms with Crippen LogP contribution in [0.15, 0.2) is 0 Å². The highest BCUT2D eigenvalue weighted by atomic mass is 32.2. The molecule has 0 aromatic heterocycles. The van der Waals surface area contributed by atoms with Gasteiger partial charge in [0.2, 0.25) is 0 Å². The Hall–Kier alpha value is 0.270. The Morgan fingerprint density at radius 2 is 2.12 bits per heavy atom. The van der Waals surface area contributed by atoms with Crippen LogP contribution in [0, 0.1) is 5.41 Å². The van der Waals surface area contributed by atoms with Crippen molar-refractivity contribution in [2.45, 2.75) is 44.6 Å². The van der Waals surface area contributed by atoms with E-state index in [1.807, 2.05) is 7.11 Å². The van der Waals surface area contributed by atoms with Crippen molar-refractivity contribution in [3.05, 3.63) is 0 Å². The molecule has 0 radical (unpaired) electrons. The van der Waals surface area contributed by atoms with E-state index in [1.165, 1.54) is 56.6 Å². The lowest BCUT2D eigenvalue weighted by atomic mass is 9.87. The molecule has 0 aromatic rings. The maximum absolute atomic E-state index is 5.42. The number of rotatable bonds is 5. The second-order valence-corrected chi connectivity index (χ2v) is 6.58. The Morgan fingerprint density at radius 1 is 1.31 bits per heavy atom. The minimum atomic E-state index is 0.455. The Bertz CT molecular complexity index is 198. The first-order valence-electron chi connectivity index (χ1n) is 6.65. The molecule has 16 heavy (non-hydrogen) atoms. The van der Waals surface area contributed by atoms with Gasteiger partial charge in [-0.15, -0.1) is 0 Å². The molecule has 0 amide bonds. The summed E-state index contributed by atoms with van der Waals surface area (Å²) in [5.41, 5.74) is 0.455. The van der Waals surface area contributed by atoms with Crippen LogP contribution < -0.4 is 5.32 Å². The highest BCUT2D eigenvalue weighted by molar-refractivity contribution is 7.99. The summed E-state index contributed by atoms with van der Waals surface area (Å²) in [7, 11) is 1.84. The minimum absolute atomic E-state index is 0.455. The second kappa shape index (κ2) is 6.27. The Kier molecular flexibility index (Phi) is 4.98. The molecule has 0 spiro atoms. The molecular weight excluding hydrogens is 218 g/mol. The smallest absolute Gasteiger partial charge is 0.0530 e. The third kappa shape index (κ3) is 3.38. The first-order valence-corrected chi connectivity index (χ1v) is 7.80. The van der Waals surface area contributed by atoms with Crippen LogP contribution in [0.5, 0.6) is 0 Å². The molecule has 2 aliphatic rings. The number of hydrogen-bond donors (Lipinski definition) is 1. The van der Waals surface area contributed by atoms with Gasteiger partial charge < -0.3 is 10.1 Å². The van der Waals surface area contributed by atoms with Crippen molar-refractivity contribution in [2.24, 2.45) is 5.41 Å². The topological polar surface area (TPSA) is 21.3 Å². The van der Waals surface area contributed by atoms with Crippen LogP contribution in [0.25, 0.3) is 0 Å². The summed E-state index contributed by atoms with van der Waals surface area (Å²) >= 11 is 2.10. The van der Waals surface area contributed by atoms with E-state index in [0.717, 1.165) is 12.6 Å². The van der Waals surface area contributed by atoms with Gasteiger partial charge in [-0.05, 0) is 31.4 Å². The van der Waals surface area contributed by atoms with E-state index in [0.29, 0.717) is 5.41 Å². The molecule has 1 aliphatic heterocycles. The molecule has 0 aromatic carbocycles. The molecule has 1 N–H and O–H groups in total. The van der Waals surface area contributed by atoms with Crippen LogP contribution in [0.1, 0.15) is 38.5 Å². The summed E-state index contributed by atoms with van der Waals surface area (Å²) in [6.45, 7) is 2.12. The fraction of sp³-hybridized carbons (Fsp3) is 1.00. The zero-order valence-corrected chi connectivity index (χ0v) is 11.3. The van der Waals surface area contributed by atoms with Crippen molar-refractivity contribution >= 4 is 11.8 Å². The van der Waals surface area contributed by atoms with E-state index in [9.17, 15) is 0 Å². The minimum Gasteiger partial charge on any atom is -0.384 e. The molecule has 94 valence electrons. The number of thioether (sulfide) groups is 1. The summed E-state index contributed by atoms with van der Waals surface area (Å²) in [6, 6.07) is 0.757. The maximum atomic E-state index is 5.42.